The predicted molar refractivity (Wildman–Crippen MR) is 56.6 cm³/mol. The van der Waals surface area contributed by atoms with Crippen molar-refractivity contribution in [3.05, 3.63) is 41.2 Å². The Hall–Kier alpha value is -1.78. The Morgan fingerprint density at radius 1 is 1.29 bits per heavy atom. The molecule has 1 aromatic carbocycles. The van der Waals surface area contributed by atoms with Crippen LogP contribution in [0.2, 0.25) is 0 Å². The summed E-state index contributed by atoms with van der Waals surface area (Å²) >= 11 is 0. The molecule has 0 spiro atoms. The first-order valence-corrected chi connectivity index (χ1v) is 5.02. The Labute approximate surface area is 96.7 Å². The molecule has 0 saturated carbocycles. The number of ether oxygens (including phenoxy) is 1. The number of esters is 1. The first-order valence-electron chi connectivity index (χ1n) is 5.02. The molecule has 1 aromatic rings. The van der Waals surface area contributed by atoms with Crippen LogP contribution in [0.25, 0.3) is 6.08 Å². The highest BCUT2D eigenvalue weighted by molar-refractivity contribution is 5.72. The van der Waals surface area contributed by atoms with E-state index in [1.54, 1.807) is 6.92 Å². The second-order valence-corrected chi connectivity index (χ2v) is 3.18. The average Bonchev–Trinajstić information content (AvgIpc) is 2.29. The third kappa shape index (κ3) is 3.62. The van der Waals surface area contributed by atoms with Crippen LogP contribution < -0.4 is 0 Å². The molecule has 0 radical (unpaired) electrons. The molecule has 0 aliphatic heterocycles. The Morgan fingerprint density at radius 2 is 2.00 bits per heavy atom. The van der Waals surface area contributed by atoms with E-state index in [0.29, 0.717) is 0 Å². The zero-order valence-electron chi connectivity index (χ0n) is 9.17. The molecular formula is C12H11F3O2. The van der Waals surface area contributed by atoms with Gasteiger partial charge in [0.25, 0.3) is 0 Å². The summed E-state index contributed by atoms with van der Waals surface area (Å²) in [6, 6.07) is 1.91. The highest BCUT2D eigenvalue weighted by Crippen LogP contribution is 2.16. The minimum Gasteiger partial charge on any atom is -0.466 e. The molecule has 0 fully saturated rings. The Kier molecular flexibility index (Phi) is 4.75. The van der Waals surface area contributed by atoms with Gasteiger partial charge in [0.2, 0.25) is 0 Å². The van der Waals surface area contributed by atoms with Crippen molar-refractivity contribution in [2.24, 2.45) is 0 Å². The molecule has 0 unspecified atom stereocenters. The van der Waals surface area contributed by atoms with Crippen molar-refractivity contribution >= 4 is 12.0 Å². The lowest BCUT2D eigenvalue weighted by molar-refractivity contribution is -0.142. The number of carbonyl (C=O) groups is 1. The molecule has 0 heterocycles. The van der Waals surface area contributed by atoms with Crippen LogP contribution in [0.15, 0.2) is 18.2 Å². The van der Waals surface area contributed by atoms with E-state index in [4.69, 9.17) is 0 Å². The lowest BCUT2D eigenvalue weighted by Gasteiger charge is -2.00. The van der Waals surface area contributed by atoms with Crippen LogP contribution in [-0.4, -0.2) is 12.6 Å². The maximum Gasteiger partial charge on any atom is 0.309 e. The largest absolute Gasteiger partial charge is 0.466 e. The molecule has 0 amide bonds. The second kappa shape index (κ2) is 6.08. The molecule has 0 aliphatic carbocycles. The summed E-state index contributed by atoms with van der Waals surface area (Å²) in [6.45, 7) is 1.92. The number of hydrogen-bond donors (Lipinski definition) is 0. The lowest BCUT2D eigenvalue weighted by Crippen LogP contribution is -2.01. The lowest BCUT2D eigenvalue weighted by atomic mass is 10.1. The zero-order valence-corrected chi connectivity index (χ0v) is 9.17. The van der Waals surface area contributed by atoms with Crippen LogP contribution in [-0.2, 0) is 9.53 Å². The van der Waals surface area contributed by atoms with E-state index in [1.807, 2.05) is 0 Å². The predicted octanol–water partition coefficient (Wildman–Crippen LogP) is 3.07. The minimum atomic E-state index is -1.52. The molecule has 92 valence electrons. The first kappa shape index (κ1) is 13.3. The normalized spacial score (nSPS) is 10.8. The van der Waals surface area contributed by atoms with E-state index in [1.165, 1.54) is 12.2 Å². The molecular weight excluding hydrogens is 233 g/mol. The molecule has 2 nitrogen and oxygen atoms in total. The van der Waals surface area contributed by atoms with Crippen LogP contribution in [0.3, 0.4) is 0 Å². The fourth-order valence-corrected chi connectivity index (χ4v) is 1.17. The smallest absolute Gasteiger partial charge is 0.309 e. The van der Waals surface area contributed by atoms with Crippen LogP contribution in [0.1, 0.15) is 18.9 Å². The van der Waals surface area contributed by atoms with Crippen molar-refractivity contribution in [3.63, 3.8) is 0 Å². The van der Waals surface area contributed by atoms with Crippen molar-refractivity contribution in [2.45, 2.75) is 13.3 Å². The number of carbonyl (C=O) groups excluding carboxylic acids is 1. The van der Waals surface area contributed by atoms with Crippen LogP contribution >= 0.6 is 0 Å². The molecule has 0 N–H and O–H groups in total. The summed E-state index contributed by atoms with van der Waals surface area (Å²) in [7, 11) is 0. The third-order valence-electron chi connectivity index (χ3n) is 1.95. The highest BCUT2D eigenvalue weighted by atomic mass is 19.2. The fourth-order valence-electron chi connectivity index (χ4n) is 1.17. The van der Waals surface area contributed by atoms with E-state index in [-0.39, 0.29) is 18.6 Å². The Bertz CT molecular complexity index is 442. The summed E-state index contributed by atoms with van der Waals surface area (Å²) < 4.78 is 43.2. The average molecular weight is 244 g/mol. The minimum absolute atomic E-state index is 0.0493. The summed E-state index contributed by atoms with van der Waals surface area (Å²) in [4.78, 5) is 10.9. The van der Waals surface area contributed by atoms with Crippen molar-refractivity contribution < 1.29 is 22.7 Å². The van der Waals surface area contributed by atoms with Crippen molar-refractivity contribution in [1.82, 2.24) is 0 Å². The Morgan fingerprint density at radius 3 is 2.65 bits per heavy atom. The van der Waals surface area contributed by atoms with Gasteiger partial charge in [-0.3, -0.25) is 4.79 Å². The first-order chi connectivity index (χ1) is 8.06. The van der Waals surface area contributed by atoms with Gasteiger partial charge < -0.3 is 4.74 Å². The number of benzene rings is 1. The zero-order chi connectivity index (χ0) is 12.8. The summed E-state index contributed by atoms with van der Waals surface area (Å²) in [5.74, 6) is -4.51. The number of hydrogen-bond acceptors (Lipinski definition) is 2. The van der Waals surface area contributed by atoms with E-state index < -0.39 is 23.4 Å². The molecule has 0 saturated heterocycles. The molecule has 1 rings (SSSR count). The monoisotopic (exact) mass is 244 g/mol. The molecule has 0 bridgehead atoms. The van der Waals surface area contributed by atoms with E-state index >= 15 is 0 Å². The van der Waals surface area contributed by atoms with Gasteiger partial charge in [-0.15, -0.1) is 0 Å². The van der Waals surface area contributed by atoms with E-state index in [0.717, 1.165) is 12.1 Å². The van der Waals surface area contributed by atoms with Crippen LogP contribution in [0, 0.1) is 17.5 Å². The SMILES string of the molecule is CCOC(=O)CC=Cc1ccc(F)c(F)c1F. The van der Waals surface area contributed by atoms with E-state index in [2.05, 4.69) is 4.74 Å². The van der Waals surface area contributed by atoms with Gasteiger partial charge in [-0.1, -0.05) is 12.2 Å². The van der Waals surface area contributed by atoms with Crippen molar-refractivity contribution in [2.75, 3.05) is 6.61 Å². The van der Waals surface area contributed by atoms with Gasteiger partial charge in [0.05, 0.1) is 13.0 Å². The van der Waals surface area contributed by atoms with Crippen molar-refractivity contribution in [1.29, 1.82) is 0 Å². The molecule has 0 aromatic heterocycles. The molecule has 5 heteroatoms. The Balaban J connectivity index is 2.72. The van der Waals surface area contributed by atoms with E-state index in [9.17, 15) is 18.0 Å². The van der Waals surface area contributed by atoms with Crippen LogP contribution in [0.4, 0.5) is 13.2 Å². The van der Waals surface area contributed by atoms with Gasteiger partial charge in [-0.2, -0.15) is 0 Å². The van der Waals surface area contributed by atoms with Gasteiger partial charge >= 0.3 is 5.97 Å². The van der Waals surface area contributed by atoms with Gasteiger partial charge in [0.15, 0.2) is 17.5 Å². The summed E-state index contributed by atoms with van der Waals surface area (Å²) in [5.41, 5.74) is -0.117. The maximum absolute atomic E-state index is 13.2. The number of rotatable bonds is 4. The molecule has 17 heavy (non-hydrogen) atoms. The van der Waals surface area contributed by atoms with Gasteiger partial charge in [-0.05, 0) is 19.1 Å². The van der Waals surface area contributed by atoms with Gasteiger partial charge in [-0.25, -0.2) is 13.2 Å². The number of halogens is 3. The molecule has 0 aliphatic rings. The van der Waals surface area contributed by atoms with Crippen LogP contribution in [0.5, 0.6) is 0 Å². The quantitative estimate of drug-likeness (QED) is 0.601. The standard InChI is InChI=1S/C12H11F3O2/c1-2-17-10(16)5-3-4-8-6-7-9(13)12(15)11(8)14/h3-4,6-7H,2,5H2,1H3. The summed E-state index contributed by atoms with van der Waals surface area (Å²) in [5, 5.41) is 0. The van der Waals surface area contributed by atoms with Gasteiger partial charge in [0, 0.05) is 5.56 Å². The fraction of sp³-hybridized carbons (Fsp3) is 0.250. The van der Waals surface area contributed by atoms with Crippen molar-refractivity contribution in [3.8, 4) is 0 Å². The topological polar surface area (TPSA) is 26.3 Å². The highest BCUT2D eigenvalue weighted by Gasteiger charge is 2.11. The molecule has 0 atom stereocenters. The third-order valence-corrected chi connectivity index (χ3v) is 1.95. The second-order valence-electron chi connectivity index (χ2n) is 3.18. The maximum atomic E-state index is 13.2. The summed E-state index contributed by atoms with van der Waals surface area (Å²) in [6.07, 6.45) is 2.48. The van der Waals surface area contributed by atoms with Gasteiger partial charge in [0.1, 0.15) is 0 Å².